The Morgan fingerprint density at radius 3 is 2.69 bits per heavy atom. The van der Waals surface area contributed by atoms with Crippen molar-refractivity contribution < 1.29 is 0 Å². The molecule has 2 aromatic heterocycles. The van der Waals surface area contributed by atoms with E-state index in [-0.39, 0.29) is 5.56 Å². The highest BCUT2D eigenvalue weighted by Gasteiger charge is 2.04. The maximum atomic E-state index is 11.8. The number of rotatable bonds is 1. The normalized spacial score (nSPS) is 10.4. The molecule has 0 spiro atoms. The van der Waals surface area contributed by atoms with E-state index in [1.54, 1.807) is 12.3 Å². The lowest BCUT2D eigenvalue weighted by atomic mass is 10.3. The molecule has 16 heavy (non-hydrogen) atoms. The first-order chi connectivity index (χ1) is 7.59. The zero-order valence-corrected chi connectivity index (χ0v) is 9.04. The quantitative estimate of drug-likeness (QED) is 0.687. The van der Waals surface area contributed by atoms with E-state index >= 15 is 0 Å². The predicted molar refractivity (Wildman–Crippen MR) is 59.8 cm³/mol. The van der Waals surface area contributed by atoms with Crippen LogP contribution in [-0.2, 0) is 7.05 Å². The smallest absolute Gasteiger partial charge is 0.269 e. The minimum atomic E-state index is -0.398. The minimum absolute atomic E-state index is 0.325. The van der Waals surface area contributed by atoms with Crippen LogP contribution in [0.15, 0.2) is 40.2 Å². The number of nitrogens with zero attached hydrogens (tertiary/aromatic N) is 3. The Morgan fingerprint density at radius 1 is 1.25 bits per heavy atom. The molecule has 0 amide bonds. The van der Waals surface area contributed by atoms with Gasteiger partial charge in [0, 0.05) is 25.5 Å². The van der Waals surface area contributed by atoms with Gasteiger partial charge in [0.15, 0.2) is 0 Å². The van der Waals surface area contributed by atoms with Gasteiger partial charge in [0.05, 0.1) is 0 Å². The predicted octanol–water partition coefficient (Wildman–Crippen LogP) is 0.240. The van der Waals surface area contributed by atoms with Gasteiger partial charge in [-0.3, -0.25) is 13.9 Å². The Morgan fingerprint density at radius 2 is 2.00 bits per heavy atom. The topological polar surface area (TPSA) is 56.9 Å². The van der Waals surface area contributed by atoms with Gasteiger partial charge in [-0.1, -0.05) is 0 Å². The van der Waals surface area contributed by atoms with E-state index in [2.05, 4.69) is 4.98 Å². The number of hydrogen-bond acceptors (Lipinski definition) is 3. The van der Waals surface area contributed by atoms with Crippen molar-refractivity contribution in [1.29, 1.82) is 0 Å². The Hall–Kier alpha value is -2.17. The summed E-state index contributed by atoms with van der Waals surface area (Å²) in [6, 6.07) is 4.97. The van der Waals surface area contributed by atoms with Crippen molar-refractivity contribution in [2.75, 3.05) is 0 Å². The summed E-state index contributed by atoms with van der Waals surface area (Å²) in [5, 5.41) is 0. The average molecular weight is 217 g/mol. The third-order valence-corrected chi connectivity index (χ3v) is 2.34. The molecule has 82 valence electrons. The Labute approximate surface area is 91.6 Å². The third-order valence-electron chi connectivity index (χ3n) is 2.34. The number of aryl methyl sites for hydroxylation is 1. The zero-order chi connectivity index (χ0) is 11.7. The molecule has 0 aromatic carbocycles. The van der Waals surface area contributed by atoms with E-state index in [0.29, 0.717) is 5.82 Å². The molecule has 0 unspecified atom stereocenters. The number of pyridine rings is 1. The van der Waals surface area contributed by atoms with Crippen molar-refractivity contribution in [3.05, 3.63) is 57.0 Å². The molecule has 2 heterocycles. The van der Waals surface area contributed by atoms with Gasteiger partial charge in [-0.2, -0.15) is 0 Å². The van der Waals surface area contributed by atoms with Crippen LogP contribution in [0.25, 0.3) is 5.82 Å². The molecule has 0 N–H and O–H groups in total. The summed E-state index contributed by atoms with van der Waals surface area (Å²) < 4.78 is 2.39. The fraction of sp³-hybridized carbons (Fsp3) is 0.182. The Bertz CT molecular complexity index is 640. The van der Waals surface area contributed by atoms with Crippen LogP contribution in [0.2, 0.25) is 0 Å². The first kappa shape index (κ1) is 10.4. The first-order valence-electron chi connectivity index (χ1n) is 4.81. The fourth-order valence-corrected chi connectivity index (χ4v) is 1.40. The summed E-state index contributed by atoms with van der Waals surface area (Å²) in [4.78, 5) is 27.1. The maximum Gasteiger partial charge on any atom is 0.336 e. The highest BCUT2D eigenvalue weighted by Crippen LogP contribution is 2.02. The number of hydrogen-bond donors (Lipinski definition) is 0. The second kappa shape index (κ2) is 3.77. The van der Waals surface area contributed by atoms with Gasteiger partial charge in [0.1, 0.15) is 5.82 Å². The molecule has 0 saturated heterocycles. The molecule has 0 radical (unpaired) electrons. The molecule has 2 aromatic rings. The van der Waals surface area contributed by atoms with Gasteiger partial charge >= 0.3 is 5.69 Å². The molecule has 0 aliphatic heterocycles. The second-order valence-electron chi connectivity index (χ2n) is 3.56. The third kappa shape index (κ3) is 1.67. The van der Waals surface area contributed by atoms with Crippen molar-refractivity contribution in [2.24, 2.45) is 7.05 Å². The highest BCUT2D eigenvalue weighted by molar-refractivity contribution is 5.26. The van der Waals surface area contributed by atoms with Gasteiger partial charge in [0.2, 0.25) is 0 Å². The lowest BCUT2D eigenvalue weighted by Gasteiger charge is -2.06. The molecule has 5 nitrogen and oxygen atoms in total. The van der Waals surface area contributed by atoms with Crippen LogP contribution in [-0.4, -0.2) is 14.1 Å². The van der Waals surface area contributed by atoms with E-state index in [9.17, 15) is 9.59 Å². The van der Waals surface area contributed by atoms with Crippen LogP contribution in [0.4, 0.5) is 0 Å². The second-order valence-corrected chi connectivity index (χ2v) is 3.56. The Balaban J connectivity index is 2.71. The van der Waals surface area contributed by atoms with Crippen LogP contribution < -0.4 is 11.2 Å². The summed E-state index contributed by atoms with van der Waals surface area (Å²) in [5.41, 5.74) is 0.283. The van der Waals surface area contributed by atoms with Crippen LogP contribution in [0, 0.1) is 6.92 Å². The maximum absolute atomic E-state index is 11.8. The number of aromatic nitrogens is 3. The average Bonchev–Trinajstić information content (AvgIpc) is 2.26. The molecule has 0 aliphatic carbocycles. The molecular weight excluding hydrogens is 206 g/mol. The molecule has 0 atom stereocenters. The molecule has 0 aliphatic rings. The molecule has 0 fully saturated rings. The summed E-state index contributed by atoms with van der Waals surface area (Å²) >= 11 is 0. The summed E-state index contributed by atoms with van der Waals surface area (Å²) in [6.45, 7) is 1.91. The lowest BCUT2D eigenvalue weighted by molar-refractivity contribution is 0.720. The van der Waals surface area contributed by atoms with Crippen LogP contribution in [0.1, 0.15) is 5.56 Å². The minimum Gasteiger partial charge on any atom is -0.269 e. The summed E-state index contributed by atoms with van der Waals surface area (Å²) in [7, 11) is 1.44. The van der Waals surface area contributed by atoms with Crippen molar-refractivity contribution in [1.82, 2.24) is 14.1 Å². The van der Waals surface area contributed by atoms with E-state index in [1.807, 2.05) is 13.0 Å². The largest absolute Gasteiger partial charge is 0.336 e. The van der Waals surface area contributed by atoms with Gasteiger partial charge in [-0.05, 0) is 24.6 Å². The van der Waals surface area contributed by atoms with E-state index in [0.717, 1.165) is 10.1 Å². The summed E-state index contributed by atoms with van der Waals surface area (Å²) in [5.74, 6) is 0.514. The van der Waals surface area contributed by atoms with E-state index < -0.39 is 5.69 Å². The standard InChI is InChI=1S/C11H11N3O2/c1-8-3-5-12-9(7-8)14-6-4-10(15)13(2)11(14)16/h3-7H,1-2H3. The molecule has 5 heteroatoms. The molecule has 0 saturated carbocycles. The van der Waals surface area contributed by atoms with Gasteiger partial charge in [-0.15, -0.1) is 0 Å². The van der Waals surface area contributed by atoms with Gasteiger partial charge in [-0.25, -0.2) is 9.78 Å². The van der Waals surface area contributed by atoms with E-state index in [1.165, 1.54) is 23.9 Å². The van der Waals surface area contributed by atoms with Crippen molar-refractivity contribution in [3.63, 3.8) is 0 Å². The molecule has 2 rings (SSSR count). The van der Waals surface area contributed by atoms with Crippen molar-refractivity contribution >= 4 is 0 Å². The van der Waals surface area contributed by atoms with Crippen molar-refractivity contribution in [3.8, 4) is 5.82 Å². The SMILES string of the molecule is Cc1ccnc(-n2ccc(=O)n(C)c2=O)c1. The van der Waals surface area contributed by atoms with Crippen LogP contribution in [0.5, 0.6) is 0 Å². The van der Waals surface area contributed by atoms with Crippen LogP contribution >= 0.6 is 0 Å². The van der Waals surface area contributed by atoms with Gasteiger partial charge < -0.3 is 0 Å². The Kier molecular flexibility index (Phi) is 2.44. The van der Waals surface area contributed by atoms with Gasteiger partial charge in [0.25, 0.3) is 5.56 Å². The molecule has 0 bridgehead atoms. The first-order valence-corrected chi connectivity index (χ1v) is 4.81. The summed E-state index contributed by atoms with van der Waals surface area (Å²) in [6.07, 6.45) is 3.06. The van der Waals surface area contributed by atoms with Crippen LogP contribution in [0.3, 0.4) is 0 Å². The lowest BCUT2D eigenvalue weighted by Crippen LogP contribution is -2.36. The molecular formula is C11H11N3O2. The fourth-order valence-electron chi connectivity index (χ4n) is 1.40. The van der Waals surface area contributed by atoms with Crippen molar-refractivity contribution in [2.45, 2.75) is 6.92 Å². The zero-order valence-electron chi connectivity index (χ0n) is 9.04. The monoisotopic (exact) mass is 217 g/mol. The highest BCUT2D eigenvalue weighted by atomic mass is 16.2. The van der Waals surface area contributed by atoms with E-state index in [4.69, 9.17) is 0 Å².